The third-order valence-corrected chi connectivity index (χ3v) is 5.46. The second-order valence-electron chi connectivity index (χ2n) is 7.80. The van der Waals surface area contributed by atoms with Gasteiger partial charge < -0.3 is 20.5 Å². The van der Waals surface area contributed by atoms with Gasteiger partial charge in [-0.15, -0.1) is 0 Å². The van der Waals surface area contributed by atoms with Crippen molar-refractivity contribution in [2.75, 3.05) is 29.9 Å². The van der Waals surface area contributed by atoms with Gasteiger partial charge in [-0.2, -0.15) is 5.10 Å². The van der Waals surface area contributed by atoms with Crippen LogP contribution in [-0.2, 0) is 7.05 Å². The van der Waals surface area contributed by atoms with E-state index in [4.69, 9.17) is 0 Å². The average Bonchev–Trinajstić information content (AvgIpc) is 3.36. The smallest absolute Gasteiger partial charge is 0.258 e. The Hall–Kier alpha value is -3.72. The number of imidazole rings is 1. The van der Waals surface area contributed by atoms with Crippen molar-refractivity contribution in [3.8, 4) is 11.5 Å². The molecule has 1 amide bonds. The van der Waals surface area contributed by atoms with Crippen molar-refractivity contribution in [2.45, 2.75) is 13.0 Å². The number of pyridine rings is 1. The Kier molecular flexibility index (Phi) is 4.87. The van der Waals surface area contributed by atoms with Crippen molar-refractivity contribution in [2.24, 2.45) is 7.05 Å². The normalized spacial score (nSPS) is 16.6. The molecule has 3 N–H and O–H groups in total. The molecule has 0 aliphatic carbocycles. The lowest BCUT2D eigenvalue weighted by Gasteiger charge is -2.32. The molecule has 1 fully saturated rings. The van der Waals surface area contributed by atoms with Crippen molar-refractivity contribution < 1.29 is 4.79 Å². The van der Waals surface area contributed by atoms with E-state index in [-0.39, 0.29) is 5.91 Å². The second-order valence-corrected chi connectivity index (χ2v) is 7.80. The number of nitrogens with zero attached hydrogens (tertiary/aromatic N) is 5. The molecule has 0 bridgehead atoms. The minimum atomic E-state index is -0.248. The van der Waals surface area contributed by atoms with Crippen LogP contribution >= 0.6 is 0 Å². The lowest BCUT2D eigenvalue weighted by atomic mass is 10.2. The molecular formula is C22H24N8O. The summed E-state index contributed by atoms with van der Waals surface area (Å²) in [5.41, 5.74) is 3.11. The molecule has 1 aromatic carbocycles. The molecule has 3 aromatic heterocycles. The maximum Gasteiger partial charge on any atom is 0.258 e. The standard InChI is InChI=1S/C22H24N8O/c1-14-13-30(10-9-23-14)20-8-7-15(12-24-20)22(31)27-19-11-18(29(2)28-19)21-25-16-5-3-4-6-17(16)26-21/h3-8,11-12,14,23H,9-10,13H2,1-2H3,(H,25,26)(H,27,28,31)/t14-/m0/s1. The lowest BCUT2D eigenvalue weighted by Crippen LogP contribution is -2.49. The molecule has 9 nitrogen and oxygen atoms in total. The van der Waals surface area contributed by atoms with Gasteiger partial charge in [0.25, 0.3) is 5.91 Å². The molecular weight excluding hydrogens is 392 g/mol. The number of carbonyl (C=O) groups excluding carboxylic acids is 1. The summed E-state index contributed by atoms with van der Waals surface area (Å²) in [6.45, 7) is 4.89. The van der Waals surface area contributed by atoms with Crippen molar-refractivity contribution in [3.63, 3.8) is 0 Å². The molecule has 1 saturated heterocycles. The number of amides is 1. The number of nitrogens with one attached hydrogen (secondary N) is 3. The molecule has 5 rings (SSSR count). The van der Waals surface area contributed by atoms with E-state index in [1.54, 1.807) is 23.0 Å². The highest BCUT2D eigenvalue weighted by Gasteiger charge is 2.18. The van der Waals surface area contributed by atoms with Crippen LogP contribution in [0.5, 0.6) is 0 Å². The molecule has 0 unspecified atom stereocenters. The molecule has 0 radical (unpaired) electrons. The first-order valence-corrected chi connectivity index (χ1v) is 10.3. The predicted molar refractivity (Wildman–Crippen MR) is 120 cm³/mol. The Morgan fingerprint density at radius 2 is 2.10 bits per heavy atom. The number of rotatable bonds is 4. The van der Waals surface area contributed by atoms with Crippen LogP contribution in [0.25, 0.3) is 22.6 Å². The Morgan fingerprint density at radius 3 is 2.87 bits per heavy atom. The summed E-state index contributed by atoms with van der Waals surface area (Å²) >= 11 is 0. The molecule has 158 valence electrons. The largest absolute Gasteiger partial charge is 0.354 e. The van der Waals surface area contributed by atoms with E-state index in [1.807, 2.05) is 37.4 Å². The summed E-state index contributed by atoms with van der Waals surface area (Å²) < 4.78 is 1.69. The van der Waals surface area contributed by atoms with Crippen LogP contribution in [-0.4, -0.2) is 56.3 Å². The zero-order valence-electron chi connectivity index (χ0n) is 17.5. The number of fused-ring (bicyclic) bond motifs is 1. The second kappa shape index (κ2) is 7.84. The topological polar surface area (TPSA) is 104 Å². The fourth-order valence-electron chi connectivity index (χ4n) is 3.86. The predicted octanol–water partition coefficient (Wildman–Crippen LogP) is 2.41. The summed E-state index contributed by atoms with van der Waals surface area (Å²) in [6, 6.07) is 13.8. The number of aryl methyl sites for hydroxylation is 1. The maximum atomic E-state index is 12.7. The summed E-state index contributed by atoms with van der Waals surface area (Å²) in [7, 11) is 1.82. The SMILES string of the molecule is C[C@H]1CN(c2ccc(C(=O)Nc3cc(-c4nc5ccccc5[nH]4)n(C)n3)cn2)CCN1. The number of carbonyl (C=O) groups is 1. The van der Waals surface area contributed by atoms with E-state index in [2.05, 4.69) is 42.5 Å². The van der Waals surface area contributed by atoms with Crippen LogP contribution in [0.2, 0.25) is 0 Å². The zero-order chi connectivity index (χ0) is 21.4. The molecule has 4 aromatic rings. The van der Waals surface area contributed by atoms with E-state index in [1.165, 1.54) is 0 Å². The lowest BCUT2D eigenvalue weighted by molar-refractivity contribution is 0.102. The number of hydrogen-bond donors (Lipinski definition) is 3. The van der Waals surface area contributed by atoms with E-state index in [9.17, 15) is 4.79 Å². The fraction of sp³-hybridized carbons (Fsp3) is 0.273. The van der Waals surface area contributed by atoms with Crippen LogP contribution in [0.1, 0.15) is 17.3 Å². The van der Waals surface area contributed by atoms with Gasteiger partial charge in [0.15, 0.2) is 11.6 Å². The summed E-state index contributed by atoms with van der Waals surface area (Å²) in [5.74, 6) is 1.80. The number of para-hydroxylation sites is 2. The first-order valence-electron chi connectivity index (χ1n) is 10.3. The molecule has 4 heterocycles. The van der Waals surface area contributed by atoms with Gasteiger partial charge in [0.2, 0.25) is 0 Å². The van der Waals surface area contributed by atoms with Gasteiger partial charge >= 0.3 is 0 Å². The van der Waals surface area contributed by atoms with E-state index < -0.39 is 0 Å². The quantitative estimate of drug-likeness (QED) is 0.472. The van der Waals surface area contributed by atoms with Crippen LogP contribution in [0.15, 0.2) is 48.7 Å². The zero-order valence-corrected chi connectivity index (χ0v) is 17.5. The maximum absolute atomic E-state index is 12.7. The summed E-state index contributed by atoms with van der Waals surface area (Å²) in [4.78, 5) is 27.3. The van der Waals surface area contributed by atoms with E-state index in [0.29, 0.717) is 23.2 Å². The highest BCUT2D eigenvalue weighted by Crippen LogP contribution is 2.23. The number of hydrogen-bond acceptors (Lipinski definition) is 6. The number of aromatic amines is 1. The highest BCUT2D eigenvalue weighted by molar-refractivity contribution is 6.03. The number of piperazine rings is 1. The van der Waals surface area contributed by atoms with Crippen molar-refractivity contribution in [1.29, 1.82) is 0 Å². The summed E-state index contributed by atoms with van der Waals surface area (Å²) in [6.07, 6.45) is 1.61. The first-order chi connectivity index (χ1) is 15.1. The minimum absolute atomic E-state index is 0.248. The van der Waals surface area contributed by atoms with Crippen LogP contribution in [0.4, 0.5) is 11.6 Å². The molecule has 9 heteroatoms. The molecule has 0 saturated carbocycles. The number of benzene rings is 1. The average molecular weight is 416 g/mol. The van der Waals surface area contributed by atoms with E-state index >= 15 is 0 Å². The van der Waals surface area contributed by atoms with Crippen molar-refractivity contribution in [1.82, 2.24) is 30.0 Å². The Labute approximate surface area is 179 Å². The molecule has 1 aliphatic heterocycles. The van der Waals surface area contributed by atoms with Gasteiger partial charge in [0.1, 0.15) is 11.5 Å². The van der Waals surface area contributed by atoms with Gasteiger partial charge in [0, 0.05) is 45.0 Å². The molecule has 31 heavy (non-hydrogen) atoms. The number of anilines is 2. The van der Waals surface area contributed by atoms with Crippen LogP contribution in [0.3, 0.4) is 0 Å². The van der Waals surface area contributed by atoms with Gasteiger partial charge in [-0.25, -0.2) is 9.97 Å². The first kappa shape index (κ1) is 19.3. The highest BCUT2D eigenvalue weighted by atomic mass is 16.1. The van der Waals surface area contributed by atoms with E-state index in [0.717, 1.165) is 42.2 Å². The molecule has 1 atom stereocenters. The molecule has 0 spiro atoms. The third-order valence-electron chi connectivity index (χ3n) is 5.46. The Balaban J connectivity index is 1.31. The Morgan fingerprint density at radius 1 is 1.23 bits per heavy atom. The number of H-pyrrole nitrogens is 1. The molecule has 1 aliphatic rings. The van der Waals surface area contributed by atoms with Crippen molar-refractivity contribution in [3.05, 3.63) is 54.2 Å². The fourth-order valence-corrected chi connectivity index (χ4v) is 3.86. The third kappa shape index (κ3) is 3.87. The van der Waals surface area contributed by atoms with Gasteiger partial charge in [-0.1, -0.05) is 12.1 Å². The van der Waals surface area contributed by atoms with Crippen molar-refractivity contribution >= 4 is 28.6 Å². The van der Waals surface area contributed by atoms with Crippen LogP contribution < -0.4 is 15.5 Å². The van der Waals surface area contributed by atoms with Gasteiger partial charge in [0.05, 0.1) is 16.6 Å². The Bertz CT molecular complexity index is 1190. The van der Waals surface area contributed by atoms with Gasteiger partial charge in [-0.3, -0.25) is 9.48 Å². The number of aromatic nitrogens is 5. The minimum Gasteiger partial charge on any atom is -0.354 e. The summed E-state index contributed by atoms with van der Waals surface area (Å²) in [5, 5.41) is 10.7. The monoisotopic (exact) mass is 416 g/mol. The van der Waals surface area contributed by atoms with Crippen LogP contribution in [0, 0.1) is 0 Å². The van der Waals surface area contributed by atoms with Gasteiger partial charge in [-0.05, 0) is 31.2 Å².